The van der Waals surface area contributed by atoms with Crippen LogP contribution in [0.5, 0.6) is 5.75 Å². The van der Waals surface area contributed by atoms with Crippen LogP contribution in [0.1, 0.15) is 42.5 Å². The van der Waals surface area contributed by atoms with Crippen molar-refractivity contribution in [3.8, 4) is 11.4 Å². The molecule has 32 heavy (non-hydrogen) atoms. The van der Waals surface area contributed by atoms with E-state index in [1.165, 1.54) is 12.1 Å². The average molecular weight is 563 g/mol. The second kappa shape index (κ2) is 9.54. The molecule has 3 heterocycles. The predicted molar refractivity (Wildman–Crippen MR) is 128 cm³/mol. The molecule has 1 unspecified atom stereocenters. The van der Waals surface area contributed by atoms with Gasteiger partial charge in [-0.2, -0.15) is 10.2 Å². The lowest BCUT2D eigenvalue weighted by molar-refractivity contribution is 0.223. The lowest BCUT2D eigenvalue weighted by Gasteiger charge is -2.20. The first-order chi connectivity index (χ1) is 15.3. The summed E-state index contributed by atoms with van der Waals surface area (Å²) in [4.78, 5) is 4.32. The quantitative estimate of drug-likeness (QED) is 0.269. The molecule has 0 radical (unpaired) electrons. The first-order valence-corrected chi connectivity index (χ1v) is 11.8. The first kappa shape index (κ1) is 22.7. The van der Waals surface area contributed by atoms with Gasteiger partial charge in [0.25, 0.3) is 0 Å². The van der Waals surface area contributed by atoms with E-state index in [0.29, 0.717) is 22.3 Å². The SMILES string of the molecule is CCn1cc(Cc2cc(Br)nn2-c2ccc(F)cc2C(C)Oc2cc(Br)cnc2C)cn1. The molecule has 4 rings (SSSR count). The van der Waals surface area contributed by atoms with Crippen LogP contribution in [0, 0.1) is 12.7 Å². The zero-order valence-corrected chi connectivity index (χ0v) is 21.1. The summed E-state index contributed by atoms with van der Waals surface area (Å²) in [5.74, 6) is 0.302. The predicted octanol–water partition coefficient (Wildman–Crippen LogP) is 6.19. The number of rotatable bonds is 7. The first-order valence-electron chi connectivity index (χ1n) is 10.2. The summed E-state index contributed by atoms with van der Waals surface area (Å²) in [5, 5.41) is 8.98. The third kappa shape index (κ3) is 4.94. The van der Waals surface area contributed by atoms with Crippen LogP contribution in [0.25, 0.3) is 5.69 Å². The smallest absolute Gasteiger partial charge is 0.142 e. The van der Waals surface area contributed by atoms with Crippen molar-refractivity contribution in [1.29, 1.82) is 0 Å². The molecule has 3 aromatic heterocycles. The van der Waals surface area contributed by atoms with Gasteiger partial charge in [0.15, 0.2) is 0 Å². The molecule has 1 aromatic carbocycles. The van der Waals surface area contributed by atoms with Gasteiger partial charge in [0.2, 0.25) is 0 Å². The van der Waals surface area contributed by atoms with Crippen LogP contribution in [0.4, 0.5) is 4.39 Å². The molecule has 1 atom stereocenters. The number of hydrogen-bond donors (Lipinski definition) is 0. The topological polar surface area (TPSA) is 57.8 Å². The Kier molecular flexibility index (Phi) is 6.76. The Labute approximate surface area is 202 Å². The van der Waals surface area contributed by atoms with E-state index in [-0.39, 0.29) is 5.82 Å². The van der Waals surface area contributed by atoms with Gasteiger partial charge in [-0.3, -0.25) is 9.67 Å². The molecule has 6 nitrogen and oxygen atoms in total. The fourth-order valence-corrected chi connectivity index (χ4v) is 4.24. The van der Waals surface area contributed by atoms with Crippen molar-refractivity contribution in [2.75, 3.05) is 0 Å². The van der Waals surface area contributed by atoms with Gasteiger partial charge in [-0.05, 0) is 88.5 Å². The Morgan fingerprint density at radius 2 is 1.97 bits per heavy atom. The molecule has 0 amide bonds. The van der Waals surface area contributed by atoms with E-state index in [2.05, 4.69) is 47.0 Å². The van der Waals surface area contributed by atoms with Gasteiger partial charge in [0.1, 0.15) is 22.3 Å². The van der Waals surface area contributed by atoms with E-state index in [0.717, 1.165) is 33.7 Å². The van der Waals surface area contributed by atoms with Crippen LogP contribution in [-0.4, -0.2) is 24.5 Å². The monoisotopic (exact) mass is 561 g/mol. The molecule has 0 N–H and O–H groups in total. The number of benzene rings is 1. The average Bonchev–Trinajstić information content (AvgIpc) is 3.36. The Hall–Kier alpha value is -2.52. The van der Waals surface area contributed by atoms with Crippen molar-refractivity contribution in [2.45, 2.75) is 39.8 Å². The minimum absolute atomic E-state index is 0.333. The Bertz CT molecular complexity index is 1250. The van der Waals surface area contributed by atoms with Gasteiger partial charge < -0.3 is 4.74 Å². The molecule has 0 fully saturated rings. The lowest BCUT2D eigenvalue weighted by Crippen LogP contribution is -2.12. The van der Waals surface area contributed by atoms with Crippen molar-refractivity contribution in [3.05, 3.63) is 86.3 Å². The van der Waals surface area contributed by atoms with Crippen LogP contribution in [0.15, 0.2) is 58.0 Å². The van der Waals surface area contributed by atoms with Crippen LogP contribution in [0.2, 0.25) is 0 Å². The third-order valence-electron chi connectivity index (χ3n) is 5.12. The lowest BCUT2D eigenvalue weighted by atomic mass is 10.1. The highest BCUT2D eigenvalue weighted by Gasteiger charge is 2.20. The fourth-order valence-electron chi connectivity index (χ4n) is 3.51. The molecule has 0 aliphatic heterocycles. The molecule has 0 saturated heterocycles. The third-order valence-corrected chi connectivity index (χ3v) is 5.94. The summed E-state index contributed by atoms with van der Waals surface area (Å²) in [6.07, 6.45) is 5.79. The molecular weight excluding hydrogens is 541 g/mol. The number of pyridine rings is 1. The molecule has 166 valence electrons. The van der Waals surface area contributed by atoms with Crippen molar-refractivity contribution in [1.82, 2.24) is 24.5 Å². The molecule has 0 saturated carbocycles. The van der Waals surface area contributed by atoms with E-state index in [4.69, 9.17) is 4.74 Å². The Morgan fingerprint density at radius 1 is 1.16 bits per heavy atom. The summed E-state index contributed by atoms with van der Waals surface area (Å²) in [6, 6.07) is 8.49. The molecule has 9 heteroatoms. The van der Waals surface area contributed by atoms with Gasteiger partial charge in [-0.1, -0.05) is 0 Å². The summed E-state index contributed by atoms with van der Waals surface area (Å²) in [7, 11) is 0. The van der Waals surface area contributed by atoms with Gasteiger partial charge in [0.05, 0.1) is 17.6 Å². The van der Waals surface area contributed by atoms with Gasteiger partial charge in [-0.25, -0.2) is 9.07 Å². The van der Waals surface area contributed by atoms with Crippen molar-refractivity contribution in [3.63, 3.8) is 0 Å². The molecule has 0 spiro atoms. The summed E-state index contributed by atoms with van der Waals surface area (Å²) < 4.78 is 25.7. The number of ether oxygens (including phenoxy) is 1. The van der Waals surface area contributed by atoms with E-state index in [9.17, 15) is 4.39 Å². The molecule has 0 aliphatic carbocycles. The maximum Gasteiger partial charge on any atom is 0.142 e. The Morgan fingerprint density at radius 3 is 2.72 bits per heavy atom. The highest BCUT2D eigenvalue weighted by Crippen LogP contribution is 2.31. The normalized spacial score (nSPS) is 12.2. The highest BCUT2D eigenvalue weighted by molar-refractivity contribution is 9.10. The Balaban J connectivity index is 1.71. The minimum atomic E-state index is -0.436. The second-order valence-corrected chi connectivity index (χ2v) is 9.18. The second-order valence-electron chi connectivity index (χ2n) is 7.45. The van der Waals surface area contributed by atoms with Crippen LogP contribution < -0.4 is 4.74 Å². The van der Waals surface area contributed by atoms with E-state index in [1.807, 2.05) is 54.7 Å². The van der Waals surface area contributed by atoms with Gasteiger partial charge in [0, 0.05) is 41.1 Å². The van der Waals surface area contributed by atoms with Crippen LogP contribution >= 0.6 is 31.9 Å². The number of hydrogen-bond acceptors (Lipinski definition) is 4. The van der Waals surface area contributed by atoms with Gasteiger partial charge in [-0.15, -0.1) is 0 Å². The van der Waals surface area contributed by atoms with E-state index in [1.54, 1.807) is 12.3 Å². The van der Waals surface area contributed by atoms with Crippen LogP contribution in [0.3, 0.4) is 0 Å². The molecule has 4 aromatic rings. The van der Waals surface area contributed by atoms with E-state index < -0.39 is 6.10 Å². The number of aryl methyl sites for hydroxylation is 2. The maximum atomic E-state index is 14.3. The fraction of sp³-hybridized carbons (Fsp3) is 0.261. The summed E-state index contributed by atoms with van der Waals surface area (Å²) in [5.41, 5.74) is 4.22. The summed E-state index contributed by atoms with van der Waals surface area (Å²) >= 11 is 6.92. The molecule has 0 bridgehead atoms. The summed E-state index contributed by atoms with van der Waals surface area (Å²) in [6.45, 7) is 6.62. The minimum Gasteiger partial charge on any atom is -0.484 e. The number of aromatic nitrogens is 5. The standard InChI is InChI=1S/C23H22Br2FN5O/c1-4-30-13-16(11-28-30)7-19-10-23(25)29-31(19)21-6-5-18(26)9-20(21)15(3)32-22-8-17(24)12-27-14(22)2/h5-6,8-13,15H,4,7H2,1-3H3. The highest BCUT2D eigenvalue weighted by atomic mass is 79.9. The largest absolute Gasteiger partial charge is 0.484 e. The zero-order valence-electron chi connectivity index (χ0n) is 17.9. The molecule has 0 aliphatic rings. The van der Waals surface area contributed by atoms with E-state index >= 15 is 0 Å². The van der Waals surface area contributed by atoms with Crippen molar-refractivity contribution in [2.24, 2.45) is 0 Å². The maximum absolute atomic E-state index is 14.3. The van der Waals surface area contributed by atoms with Crippen LogP contribution in [-0.2, 0) is 13.0 Å². The van der Waals surface area contributed by atoms with Crippen molar-refractivity contribution >= 4 is 31.9 Å². The van der Waals surface area contributed by atoms with Crippen molar-refractivity contribution < 1.29 is 9.13 Å². The number of nitrogens with zero attached hydrogens (tertiary/aromatic N) is 5. The molecular formula is C23H22Br2FN5O. The van der Waals surface area contributed by atoms with Gasteiger partial charge >= 0.3 is 0 Å². The number of halogens is 3. The zero-order chi connectivity index (χ0) is 22.8.